The summed E-state index contributed by atoms with van der Waals surface area (Å²) >= 11 is 1.01. The van der Waals surface area contributed by atoms with E-state index < -0.39 is 11.8 Å². The van der Waals surface area contributed by atoms with Gasteiger partial charge in [0.15, 0.2) is 0 Å². The number of aromatic carboxylic acids is 1. The number of anilines is 2. The van der Waals surface area contributed by atoms with Crippen molar-refractivity contribution >= 4 is 28.2 Å². The van der Waals surface area contributed by atoms with Gasteiger partial charge in [-0.3, -0.25) is 0 Å². The zero-order valence-corrected chi connectivity index (χ0v) is 10.6. The zero-order valence-electron chi connectivity index (χ0n) is 9.82. The van der Waals surface area contributed by atoms with E-state index in [-0.39, 0.29) is 11.3 Å². The third-order valence-corrected chi connectivity index (χ3v) is 3.39. The van der Waals surface area contributed by atoms with E-state index in [1.54, 1.807) is 26.0 Å². The van der Waals surface area contributed by atoms with E-state index in [2.05, 4.69) is 9.69 Å². The van der Waals surface area contributed by atoms with Crippen molar-refractivity contribution in [3.05, 3.63) is 40.8 Å². The smallest absolute Gasteiger partial charge is 0.340 e. The van der Waals surface area contributed by atoms with Crippen LogP contribution in [-0.2, 0) is 0 Å². The van der Waals surface area contributed by atoms with Gasteiger partial charge in [-0.2, -0.15) is 4.37 Å². The van der Waals surface area contributed by atoms with Gasteiger partial charge < -0.3 is 10.4 Å². The zero-order chi connectivity index (χ0) is 13.3. The second-order valence-corrected chi connectivity index (χ2v) is 4.61. The number of hydrogen-bond donors (Lipinski definition) is 2. The highest BCUT2D eigenvalue weighted by atomic mass is 32.1. The molecule has 0 unspecified atom stereocenters. The molecule has 0 amide bonds. The molecule has 4 nitrogen and oxygen atoms in total. The van der Waals surface area contributed by atoms with Gasteiger partial charge in [0, 0.05) is 0 Å². The number of nitrogens with one attached hydrogen (secondary N) is 1. The Bertz CT molecular complexity index is 590. The Kier molecular flexibility index (Phi) is 3.29. The Hall–Kier alpha value is -1.95. The highest BCUT2D eigenvalue weighted by Gasteiger charge is 2.19. The van der Waals surface area contributed by atoms with Crippen LogP contribution < -0.4 is 5.32 Å². The van der Waals surface area contributed by atoms with Gasteiger partial charge in [-0.1, -0.05) is 12.1 Å². The summed E-state index contributed by atoms with van der Waals surface area (Å²) in [6, 6.07) is 4.68. The number of carboxylic acids is 1. The van der Waals surface area contributed by atoms with Crippen LogP contribution in [0.1, 0.15) is 21.6 Å². The van der Waals surface area contributed by atoms with Crippen molar-refractivity contribution in [2.45, 2.75) is 13.8 Å². The van der Waals surface area contributed by atoms with Crippen molar-refractivity contribution in [1.82, 2.24) is 4.37 Å². The maximum Gasteiger partial charge on any atom is 0.340 e. The third-order valence-electron chi connectivity index (χ3n) is 2.54. The molecule has 0 fully saturated rings. The van der Waals surface area contributed by atoms with E-state index in [0.717, 1.165) is 11.5 Å². The Morgan fingerprint density at radius 3 is 2.78 bits per heavy atom. The molecule has 0 saturated carbocycles. The van der Waals surface area contributed by atoms with Gasteiger partial charge in [-0.15, -0.1) is 0 Å². The van der Waals surface area contributed by atoms with Crippen LogP contribution in [0.5, 0.6) is 0 Å². The normalized spacial score (nSPS) is 10.4. The summed E-state index contributed by atoms with van der Waals surface area (Å²) in [7, 11) is 0. The molecule has 0 bridgehead atoms. The molecule has 2 rings (SSSR count). The third kappa shape index (κ3) is 2.19. The number of nitrogens with zero attached hydrogens (tertiary/aromatic N) is 1. The van der Waals surface area contributed by atoms with Crippen molar-refractivity contribution in [2.75, 3.05) is 5.32 Å². The maximum atomic E-state index is 13.7. The fourth-order valence-electron chi connectivity index (χ4n) is 1.61. The molecule has 0 radical (unpaired) electrons. The van der Waals surface area contributed by atoms with Gasteiger partial charge in [0.1, 0.15) is 16.4 Å². The lowest BCUT2D eigenvalue weighted by Gasteiger charge is -2.09. The van der Waals surface area contributed by atoms with Crippen molar-refractivity contribution < 1.29 is 14.3 Å². The first-order chi connectivity index (χ1) is 8.50. The molecular weight excluding hydrogens is 255 g/mol. The van der Waals surface area contributed by atoms with E-state index in [0.29, 0.717) is 16.3 Å². The van der Waals surface area contributed by atoms with Crippen LogP contribution in [0, 0.1) is 19.7 Å². The lowest BCUT2D eigenvalue weighted by molar-refractivity contribution is 0.0697. The van der Waals surface area contributed by atoms with Crippen LogP contribution in [0.25, 0.3) is 0 Å². The van der Waals surface area contributed by atoms with Crippen LogP contribution in [0.4, 0.5) is 15.1 Å². The van der Waals surface area contributed by atoms with E-state index in [4.69, 9.17) is 5.11 Å². The quantitative estimate of drug-likeness (QED) is 0.894. The molecule has 0 spiro atoms. The second-order valence-electron chi connectivity index (χ2n) is 3.83. The molecule has 1 aromatic heterocycles. The number of aryl methyl sites for hydroxylation is 2. The minimum absolute atomic E-state index is 0.0858. The number of rotatable bonds is 3. The maximum absolute atomic E-state index is 13.7. The van der Waals surface area contributed by atoms with Crippen LogP contribution in [-0.4, -0.2) is 15.4 Å². The predicted molar refractivity (Wildman–Crippen MR) is 68.2 cm³/mol. The summed E-state index contributed by atoms with van der Waals surface area (Å²) in [5.74, 6) is -1.49. The lowest BCUT2D eigenvalue weighted by Crippen LogP contribution is -2.03. The van der Waals surface area contributed by atoms with Crippen LogP contribution in [0.2, 0.25) is 0 Å². The molecule has 0 atom stereocenters. The fraction of sp³-hybridized carbons (Fsp3) is 0.167. The average molecular weight is 266 g/mol. The highest BCUT2D eigenvalue weighted by molar-refractivity contribution is 7.10. The SMILES string of the molecule is Cc1cccc(F)c1Nc1snc(C)c1C(=O)O. The number of hydrogen-bond acceptors (Lipinski definition) is 4. The highest BCUT2D eigenvalue weighted by Crippen LogP contribution is 2.30. The van der Waals surface area contributed by atoms with Crippen molar-refractivity contribution in [3.8, 4) is 0 Å². The molecule has 2 N–H and O–H groups in total. The molecule has 94 valence electrons. The monoisotopic (exact) mass is 266 g/mol. The Morgan fingerprint density at radius 2 is 2.17 bits per heavy atom. The standard InChI is InChI=1S/C12H11FN2O2S/c1-6-4-3-5-8(13)10(6)14-11-9(12(16)17)7(2)15-18-11/h3-5,14H,1-2H3,(H,16,17). The molecule has 1 heterocycles. The molecule has 6 heteroatoms. The van der Waals surface area contributed by atoms with E-state index in [9.17, 15) is 9.18 Å². The van der Waals surface area contributed by atoms with Crippen molar-refractivity contribution in [3.63, 3.8) is 0 Å². The van der Waals surface area contributed by atoms with Gasteiger partial charge >= 0.3 is 5.97 Å². The Balaban J connectivity index is 2.44. The summed E-state index contributed by atoms with van der Waals surface area (Å²) in [6.07, 6.45) is 0. The lowest BCUT2D eigenvalue weighted by atomic mass is 10.2. The Morgan fingerprint density at radius 1 is 1.44 bits per heavy atom. The summed E-state index contributed by atoms with van der Waals surface area (Å²) < 4.78 is 17.6. The van der Waals surface area contributed by atoms with Gasteiger partial charge in [-0.25, -0.2) is 9.18 Å². The first-order valence-electron chi connectivity index (χ1n) is 5.22. The van der Waals surface area contributed by atoms with Crippen molar-refractivity contribution in [2.24, 2.45) is 0 Å². The molecule has 0 aliphatic carbocycles. The minimum Gasteiger partial charge on any atom is -0.478 e. The van der Waals surface area contributed by atoms with E-state index >= 15 is 0 Å². The van der Waals surface area contributed by atoms with E-state index in [1.165, 1.54) is 6.07 Å². The molecule has 18 heavy (non-hydrogen) atoms. The summed E-state index contributed by atoms with van der Waals surface area (Å²) in [6.45, 7) is 3.36. The van der Waals surface area contributed by atoms with Crippen LogP contribution >= 0.6 is 11.5 Å². The number of halogens is 1. The molecule has 1 aromatic carbocycles. The summed E-state index contributed by atoms with van der Waals surface area (Å²) in [5, 5.41) is 12.2. The average Bonchev–Trinajstić information content (AvgIpc) is 2.65. The molecule has 0 aliphatic heterocycles. The van der Waals surface area contributed by atoms with Crippen molar-refractivity contribution in [1.29, 1.82) is 0 Å². The first-order valence-corrected chi connectivity index (χ1v) is 5.99. The number of para-hydroxylation sites is 1. The van der Waals surface area contributed by atoms with Gasteiger partial charge in [0.25, 0.3) is 0 Å². The largest absolute Gasteiger partial charge is 0.478 e. The Labute approximate surface area is 107 Å². The van der Waals surface area contributed by atoms with Gasteiger partial charge in [0.05, 0.1) is 11.4 Å². The molecular formula is C12H11FN2O2S. The number of carboxylic acid groups (broad SMARTS) is 1. The minimum atomic E-state index is -1.07. The summed E-state index contributed by atoms with van der Waals surface area (Å²) in [4.78, 5) is 11.1. The van der Waals surface area contributed by atoms with E-state index in [1.807, 2.05) is 0 Å². The first kappa shape index (κ1) is 12.5. The molecule has 2 aromatic rings. The predicted octanol–water partition coefficient (Wildman–Crippen LogP) is 3.34. The van der Waals surface area contributed by atoms with Gasteiger partial charge in [-0.05, 0) is 37.0 Å². The number of carbonyl (C=O) groups is 1. The van der Waals surface area contributed by atoms with Crippen LogP contribution in [0.3, 0.4) is 0 Å². The number of aromatic nitrogens is 1. The van der Waals surface area contributed by atoms with Crippen LogP contribution in [0.15, 0.2) is 18.2 Å². The number of benzene rings is 1. The second kappa shape index (κ2) is 4.73. The molecule has 0 saturated heterocycles. The van der Waals surface area contributed by atoms with Gasteiger partial charge in [0.2, 0.25) is 0 Å². The molecule has 0 aliphatic rings. The topological polar surface area (TPSA) is 62.2 Å². The summed E-state index contributed by atoms with van der Waals surface area (Å²) in [5.41, 5.74) is 1.49. The fourth-order valence-corrected chi connectivity index (χ4v) is 2.40.